The van der Waals surface area contributed by atoms with Gasteiger partial charge in [0, 0.05) is 38.0 Å². The Kier molecular flexibility index (Phi) is 7.75. The fourth-order valence-electron chi connectivity index (χ4n) is 2.29. The first-order valence-electron chi connectivity index (χ1n) is 7.92. The van der Waals surface area contributed by atoms with Crippen LogP contribution in [0, 0.1) is 0 Å². The minimum atomic E-state index is 0.217. The highest BCUT2D eigenvalue weighted by atomic mass is 35.5. The molecule has 2 rings (SSSR count). The van der Waals surface area contributed by atoms with Crippen LogP contribution in [0.1, 0.15) is 26.2 Å². The average Bonchev–Trinajstić information content (AvgIpc) is 2.95. The number of nitrogens with zero attached hydrogens (tertiary/aromatic N) is 3. The van der Waals surface area contributed by atoms with Crippen molar-refractivity contribution in [3.63, 3.8) is 0 Å². The van der Waals surface area contributed by atoms with Crippen molar-refractivity contribution in [2.45, 2.75) is 37.9 Å². The molecule has 2 aromatic rings. The Hall–Kier alpha value is -1.37. The number of ether oxygens (including phenoxy) is 1. The molecule has 5 nitrogen and oxygen atoms in total. The summed E-state index contributed by atoms with van der Waals surface area (Å²) in [5.41, 5.74) is 0.875. The minimum Gasteiger partial charge on any atom is -0.385 e. The van der Waals surface area contributed by atoms with Crippen LogP contribution >= 0.6 is 23.4 Å². The first-order valence-corrected chi connectivity index (χ1v) is 9.29. The van der Waals surface area contributed by atoms with Crippen LogP contribution < -0.4 is 0 Å². The van der Waals surface area contributed by atoms with Gasteiger partial charge in [0.1, 0.15) is 5.78 Å². The maximum atomic E-state index is 11.1. The molecule has 0 N–H and O–H groups in total. The van der Waals surface area contributed by atoms with Gasteiger partial charge in [0.15, 0.2) is 11.0 Å². The van der Waals surface area contributed by atoms with Crippen molar-refractivity contribution in [2.24, 2.45) is 0 Å². The molecule has 24 heavy (non-hydrogen) atoms. The summed E-state index contributed by atoms with van der Waals surface area (Å²) in [4.78, 5) is 11.1. The number of thioether (sulfide) groups is 1. The number of halogens is 1. The molecule has 1 aromatic heterocycles. The van der Waals surface area contributed by atoms with E-state index in [-0.39, 0.29) is 5.78 Å². The summed E-state index contributed by atoms with van der Waals surface area (Å²) in [6.07, 6.45) is 2.31. The number of hydrogen-bond donors (Lipinski definition) is 0. The summed E-state index contributed by atoms with van der Waals surface area (Å²) >= 11 is 7.93. The van der Waals surface area contributed by atoms with E-state index in [9.17, 15) is 4.79 Å². The first-order chi connectivity index (χ1) is 11.6. The molecule has 0 radical (unpaired) electrons. The molecule has 0 unspecified atom stereocenters. The lowest BCUT2D eigenvalue weighted by Gasteiger charge is -2.10. The molecule has 1 aromatic carbocycles. The van der Waals surface area contributed by atoms with Gasteiger partial charge in [0.2, 0.25) is 0 Å². The van der Waals surface area contributed by atoms with Crippen molar-refractivity contribution in [1.82, 2.24) is 14.8 Å². The molecule has 130 valence electrons. The van der Waals surface area contributed by atoms with Gasteiger partial charge in [-0.25, -0.2) is 0 Å². The van der Waals surface area contributed by atoms with Crippen molar-refractivity contribution in [2.75, 3.05) is 19.5 Å². The smallest absolute Gasteiger partial charge is 0.191 e. The van der Waals surface area contributed by atoms with Gasteiger partial charge in [-0.3, -0.25) is 0 Å². The van der Waals surface area contributed by atoms with E-state index in [0.29, 0.717) is 18.1 Å². The second-order valence-electron chi connectivity index (χ2n) is 5.44. The van der Waals surface area contributed by atoms with Crippen molar-refractivity contribution in [3.05, 3.63) is 29.3 Å². The fraction of sp³-hybridized carbons (Fsp3) is 0.471. The van der Waals surface area contributed by atoms with Gasteiger partial charge in [-0.2, -0.15) is 0 Å². The molecule has 0 aliphatic rings. The number of ketones is 1. The Morgan fingerprint density at radius 2 is 2.08 bits per heavy atom. The van der Waals surface area contributed by atoms with E-state index in [1.807, 2.05) is 24.3 Å². The minimum absolute atomic E-state index is 0.217. The van der Waals surface area contributed by atoms with Crippen LogP contribution in [0.4, 0.5) is 0 Å². The van der Waals surface area contributed by atoms with Crippen molar-refractivity contribution < 1.29 is 9.53 Å². The molecule has 0 atom stereocenters. The molecule has 0 aliphatic heterocycles. The van der Waals surface area contributed by atoms with E-state index in [4.69, 9.17) is 16.3 Å². The molecule has 0 aliphatic carbocycles. The van der Waals surface area contributed by atoms with Gasteiger partial charge >= 0.3 is 0 Å². The van der Waals surface area contributed by atoms with E-state index in [1.54, 1.807) is 25.8 Å². The molecular weight excluding hydrogens is 346 g/mol. The van der Waals surface area contributed by atoms with Crippen molar-refractivity contribution in [1.29, 1.82) is 0 Å². The fourth-order valence-corrected chi connectivity index (χ4v) is 3.41. The number of carbonyl (C=O) groups is 1. The maximum absolute atomic E-state index is 11.1. The number of hydrogen-bond acceptors (Lipinski definition) is 5. The van der Waals surface area contributed by atoms with E-state index < -0.39 is 0 Å². The SMILES string of the molecule is COCCCn1c(SCCCC(C)=O)nnc1-c1ccccc1Cl. The topological polar surface area (TPSA) is 57.0 Å². The summed E-state index contributed by atoms with van der Waals surface area (Å²) in [7, 11) is 1.69. The highest BCUT2D eigenvalue weighted by Gasteiger charge is 2.16. The van der Waals surface area contributed by atoms with Crippen LogP contribution in [-0.4, -0.2) is 40.0 Å². The summed E-state index contributed by atoms with van der Waals surface area (Å²) in [5, 5.41) is 10.2. The molecule has 0 amide bonds. The Morgan fingerprint density at radius 1 is 1.29 bits per heavy atom. The van der Waals surface area contributed by atoms with Crippen LogP contribution in [0.2, 0.25) is 5.02 Å². The standard InChI is InChI=1S/C17H22ClN3O2S/c1-13(22)7-5-12-24-17-20-19-16(21(17)10-6-11-23-2)14-8-3-4-9-15(14)18/h3-4,8-9H,5-7,10-12H2,1-2H3. The van der Waals surface area contributed by atoms with E-state index in [2.05, 4.69) is 14.8 Å². The Balaban J connectivity index is 2.17. The highest BCUT2D eigenvalue weighted by Crippen LogP contribution is 2.29. The van der Waals surface area contributed by atoms with Gasteiger partial charge in [-0.05, 0) is 31.9 Å². The predicted octanol–water partition coefficient (Wildman–Crippen LogP) is 4.10. The molecule has 0 fully saturated rings. The van der Waals surface area contributed by atoms with Gasteiger partial charge in [0.25, 0.3) is 0 Å². The lowest BCUT2D eigenvalue weighted by atomic mass is 10.2. The van der Waals surface area contributed by atoms with Crippen molar-refractivity contribution in [3.8, 4) is 11.4 Å². The first kappa shape index (κ1) is 19.0. The molecule has 0 spiro atoms. The van der Waals surface area contributed by atoms with E-state index in [1.165, 1.54) is 0 Å². The quantitative estimate of drug-likeness (QED) is 0.467. The molecule has 1 heterocycles. The Bertz CT molecular complexity index is 676. The summed E-state index contributed by atoms with van der Waals surface area (Å²) in [6.45, 7) is 3.05. The van der Waals surface area contributed by atoms with Crippen LogP contribution in [0.15, 0.2) is 29.4 Å². The molecule has 0 saturated heterocycles. The lowest BCUT2D eigenvalue weighted by Crippen LogP contribution is -2.06. The van der Waals surface area contributed by atoms with Gasteiger partial charge in [0.05, 0.1) is 5.02 Å². The third kappa shape index (κ3) is 5.33. The molecule has 0 saturated carbocycles. The third-order valence-corrected chi connectivity index (χ3v) is 4.85. The van der Waals surface area contributed by atoms with Crippen LogP contribution in [0.5, 0.6) is 0 Å². The average molecular weight is 368 g/mol. The van der Waals surface area contributed by atoms with E-state index >= 15 is 0 Å². The van der Waals surface area contributed by atoms with Crippen LogP contribution in [0.3, 0.4) is 0 Å². The second-order valence-corrected chi connectivity index (χ2v) is 6.91. The van der Waals surface area contributed by atoms with Gasteiger partial charge in [-0.1, -0.05) is 35.5 Å². The summed E-state index contributed by atoms with van der Waals surface area (Å²) in [5.74, 6) is 1.82. The number of Topliss-reactive ketones (excluding diaryl/α,β-unsaturated/α-hetero) is 1. The highest BCUT2D eigenvalue weighted by molar-refractivity contribution is 7.99. The number of aromatic nitrogens is 3. The Morgan fingerprint density at radius 3 is 2.79 bits per heavy atom. The zero-order valence-electron chi connectivity index (χ0n) is 14.0. The zero-order valence-corrected chi connectivity index (χ0v) is 15.6. The van der Waals surface area contributed by atoms with Crippen LogP contribution in [-0.2, 0) is 16.1 Å². The predicted molar refractivity (Wildman–Crippen MR) is 97.6 cm³/mol. The largest absolute Gasteiger partial charge is 0.385 e. The summed E-state index contributed by atoms with van der Waals surface area (Å²) in [6, 6.07) is 7.64. The third-order valence-electron chi connectivity index (χ3n) is 3.47. The van der Waals surface area contributed by atoms with Gasteiger partial charge in [-0.15, -0.1) is 10.2 Å². The molecule has 0 bridgehead atoms. The van der Waals surface area contributed by atoms with E-state index in [0.717, 1.165) is 41.7 Å². The Labute approximate surface area is 151 Å². The number of carbonyl (C=O) groups excluding carboxylic acids is 1. The number of methoxy groups -OCH3 is 1. The number of rotatable bonds is 10. The summed E-state index contributed by atoms with van der Waals surface area (Å²) < 4.78 is 7.23. The molecule has 7 heteroatoms. The van der Waals surface area contributed by atoms with Gasteiger partial charge < -0.3 is 14.1 Å². The monoisotopic (exact) mass is 367 g/mol. The van der Waals surface area contributed by atoms with Crippen molar-refractivity contribution >= 4 is 29.1 Å². The number of benzene rings is 1. The molecular formula is C17H22ClN3O2S. The second kappa shape index (κ2) is 9.81. The normalized spacial score (nSPS) is 11.0. The lowest BCUT2D eigenvalue weighted by molar-refractivity contribution is -0.117. The zero-order chi connectivity index (χ0) is 17.4. The maximum Gasteiger partial charge on any atom is 0.191 e. The van der Waals surface area contributed by atoms with Crippen LogP contribution in [0.25, 0.3) is 11.4 Å².